The second kappa shape index (κ2) is 6.87. The fraction of sp³-hybridized carbons (Fsp3) is 0.625. The van der Waals surface area contributed by atoms with E-state index in [0.29, 0.717) is 0 Å². The van der Waals surface area contributed by atoms with E-state index in [2.05, 4.69) is 24.9 Å². The molecule has 0 aliphatic heterocycles. The summed E-state index contributed by atoms with van der Waals surface area (Å²) in [5.41, 5.74) is 3.02. The maximum Gasteiger partial charge on any atom is 0.0599 e. The van der Waals surface area contributed by atoms with Crippen LogP contribution in [0.3, 0.4) is 0 Å². The van der Waals surface area contributed by atoms with E-state index in [-0.39, 0.29) is 0 Å². The van der Waals surface area contributed by atoms with E-state index in [1.54, 1.807) is 11.8 Å². The first-order valence-electron chi connectivity index (χ1n) is 3.62. The molecule has 0 aromatic rings. The van der Waals surface area contributed by atoms with E-state index in [9.17, 15) is 0 Å². The van der Waals surface area contributed by atoms with E-state index >= 15 is 0 Å². The first-order chi connectivity index (χ1) is 4.81. The molecule has 0 bridgehead atoms. The Morgan fingerprint density at radius 3 is 2.70 bits per heavy atom. The summed E-state index contributed by atoms with van der Waals surface area (Å²) in [7, 11) is 0. The number of nitrogens with zero attached hydrogens (tertiary/aromatic N) is 1. The summed E-state index contributed by atoms with van der Waals surface area (Å²) in [6.45, 7) is 6.26. The van der Waals surface area contributed by atoms with Gasteiger partial charge in [-0.2, -0.15) is 0 Å². The molecule has 2 heteroatoms. The Labute approximate surface area is 67.6 Å². The first-order valence-corrected chi connectivity index (χ1v) is 4.67. The van der Waals surface area contributed by atoms with E-state index in [0.717, 1.165) is 17.9 Å². The topological polar surface area (TPSA) is 12.4 Å². The van der Waals surface area contributed by atoms with Crippen molar-refractivity contribution in [3.05, 3.63) is 11.8 Å². The van der Waals surface area contributed by atoms with Gasteiger partial charge in [-0.3, -0.25) is 4.99 Å². The molecule has 1 nitrogen and oxygen atoms in total. The Kier molecular flexibility index (Phi) is 6.71. The van der Waals surface area contributed by atoms with E-state index in [1.807, 2.05) is 12.5 Å². The minimum Gasteiger partial charge on any atom is -0.255 e. The van der Waals surface area contributed by atoms with E-state index in [1.165, 1.54) is 0 Å². The lowest BCUT2D eigenvalue weighted by Gasteiger charge is -1.88. The van der Waals surface area contributed by atoms with E-state index in [4.69, 9.17) is 0 Å². The highest BCUT2D eigenvalue weighted by molar-refractivity contribution is 8.12. The molecule has 0 saturated carbocycles. The van der Waals surface area contributed by atoms with Crippen molar-refractivity contribution in [3.8, 4) is 0 Å². The van der Waals surface area contributed by atoms with Gasteiger partial charge in [0.15, 0.2) is 0 Å². The number of rotatable bonds is 4. The van der Waals surface area contributed by atoms with Gasteiger partial charge in [0.2, 0.25) is 0 Å². The molecule has 0 N–H and O–H groups in total. The maximum absolute atomic E-state index is 4.20. The second-order valence-corrected chi connectivity index (χ2v) is 3.07. The van der Waals surface area contributed by atoms with Crippen LogP contribution in [0.2, 0.25) is 0 Å². The molecular weight excluding hydrogens is 142 g/mol. The lowest BCUT2D eigenvalue weighted by Crippen LogP contribution is -1.71. The Bertz CT molecular complexity index is 127. The van der Waals surface area contributed by atoms with Crippen LogP contribution in [0.15, 0.2) is 16.8 Å². The summed E-state index contributed by atoms with van der Waals surface area (Å²) >= 11 is 1.73. The van der Waals surface area contributed by atoms with Gasteiger partial charge in [0.05, 0.1) is 5.55 Å². The molecule has 0 heterocycles. The molecule has 0 saturated heterocycles. The van der Waals surface area contributed by atoms with Crippen LogP contribution in [0.1, 0.15) is 27.2 Å². The van der Waals surface area contributed by atoms with Crippen molar-refractivity contribution in [1.82, 2.24) is 0 Å². The molecule has 0 rings (SSSR count). The van der Waals surface area contributed by atoms with Gasteiger partial charge in [-0.25, -0.2) is 0 Å². The molecule has 0 spiro atoms. The van der Waals surface area contributed by atoms with Crippen LogP contribution in [-0.4, -0.2) is 11.3 Å². The quantitative estimate of drug-likeness (QED) is 0.451. The second-order valence-electron chi connectivity index (χ2n) is 1.94. The highest BCUT2D eigenvalue weighted by Gasteiger charge is 1.78. The number of thioether (sulfide) groups is 1. The molecule has 58 valence electrons. The third kappa shape index (κ3) is 5.89. The molecule has 0 unspecified atom stereocenters. The molecule has 0 atom stereocenters. The summed E-state index contributed by atoms with van der Waals surface area (Å²) in [5, 5.41) is 0. The van der Waals surface area contributed by atoms with Gasteiger partial charge in [0.25, 0.3) is 0 Å². The van der Waals surface area contributed by atoms with Gasteiger partial charge in [0.1, 0.15) is 0 Å². The predicted octanol–water partition coefficient (Wildman–Crippen LogP) is 3.08. The Balaban J connectivity index is 3.55. The van der Waals surface area contributed by atoms with Crippen molar-refractivity contribution in [2.75, 3.05) is 5.75 Å². The summed E-state index contributed by atoms with van der Waals surface area (Å²) in [6.07, 6.45) is 3.19. The molecule has 0 aromatic heterocycles. The normalized spacial score (nSPS) is 12.9. The summed E-state index contributed by atoms with van der Waals surface area (Å²) in [6, 6.07) is 0. The average molecular weight is 157 g/mol. The van der Waals surface area contributed by atoms with Crippen LogP contribution >= 0.6 is 11.8 Å². The highest BCUT2D eigenvalue weighted by Crippen LogP contribution is 1.99. The van der Waals surface area contributed by atoms with Crippen molar-refractivity contribution in [2.45, 2.75) is 27.2 Å². The van der Waals surface area contributed by atoms with E-state index < -0.39 is 0 Å². The lowest BCUT2D eigenvalue weighted by atomic mass is 10.4. The zero-order valence-corrected chi connectivity index (χ0v) is 7.74. The van der Waals surface area contributed by atoms with Crippen molar-refractivity contribution in [3.63, 3.8) is 0 Å². The van der Waals surface area contributed by atoms with Crippen molar-refractivity contribution in [1.29, 1.82) is 0 Å². The Hall–Kier alpha value is -0.240. The minimum atomic E-state index is 1.07. The van der Waals surface area contributed by atoms with Gasteiger partial charge in [-0.15, -0.1) is 11.8 Å². The SMILES string of the molecule is CC/C=C(/C)N=CSCC. The molecule has 0 radical (unpaired) electrons. The monoisotopic (exact) mass is 157 g/mol. The third-order valence-corrected chi connectivity index (χ3v) is 1.58. The standard InChI is InChI=1S/C8H15NS/c1-4-6-8(3)9-7-10-5-2/h6-7H,4-5H2,1-3H3/b8-6-,9-7?. The number of hydrogen-bond acceptors (Lipinski definition) is 2. The van der Waals surface area contributed by atoms with Crippen LogP contribution in [0, 0.1) is 0 Å². The maximum atomic E-state index is 4.20. The van der Waals surface area contributed by atoms with Crippen LogP contribution in [0.5, 0.6) is 0 Å². The molecule has 0 aliphatic rings. The zero-order chi connectivity index (χ0) is 7.82. The fourth-order valence-electron chi connectivity index (χ4n) is 0.543. The van der Waals surface area contributed by atoms with Gasteiger partial charge < -0.3 is 0 Å². The van der Waals surface area contributed by atoms with Crippen molar-refractivity contribution >= 4 is 17.3 Å². The van der Waals surface area contributed by atoms with Crippen LogP contribution in [0.25, 0.3) is 0 Å². The molecular formula is C8H15NS. The van der Waals surface area contributed by atoms with Crippen LogP contribution < -0.4 is 0 Å². The lowest BCUT2D eigenvalue weighted by molar-refractivity contribution is 1.16. The largest absolute Gasteiger partial charge is 0.255 e. The average Bonchev–Trinajstić information content (AvgIpc) is 1.89. The van der Waals surface area contributed by atoms with Crippen molar-refractivity contribution < 1.29 is 0 Å². The molecule has 10 heavy (non-hydrogen) atoms. The van der Waals surface area contributed by atoms with Crippen LogP contribution in [-0.2, 0) is 0 Å². The van der Waals surface area contributed by atoms with Crippen molar-refractivity contribution in [2.24, 2.45) is 4.99 Å². The summed E-state index contributed by atoms with van der Waals surface area (Å²) in [4.78, 5) is 4.20. The Morgan fingerprint density at radius 2 is 2.20 bits per heavy atom. The van der Waals surface area contributed by atoms with Gasteiger partial charge in [-0.05, 0) is 19.1 Å². The summed E-state index contributed by atoms with van der Waals surface area (Å²) in [5.74, 6) is 1.10. The highest BCUT2D eigenvalue weighted by atomic mass is 32.2. The van der Waals surface area contributed by atoms with Gasteiger partial charge in [0, 0.05) is 5.70 Å². The predicted molar refractivity (Wildman–Crippen MR) is 50.7 cm³/mol. The minimum absolute atomic E-state index is 1.07. The van der Waals surface area contributed by atoms with Crippen LogP contribution in [0.4, 0.5) is 0 Å². The molecule has 0 aromatic carbocycles. The number of hydrogen-bond donors (Lipinski definition) is 0. The number of allylic oxidation sites excluding steroid dienone is 2. The summed E-state index contributed by atoms with van der Waals surface area (Å²) < 4.78 is 0. The molecule has 0 fully saturated rings. The molecule has 0 aliphatic carbocycles. The third-order valence-electron chi connectivity index (χ3n) is 0.997. The molecule has 0 amide bonds. The Morgan fingerprint density at radius 1 is 1.50 bits per heavy atom. The zero-order valence-electron chi connectivity index (χ0n) is 6.92. The first kappa shape index (κ1) is 9.76. The smallest absolute Gasteiger partial charge is 0.0599 e. The number of aliphatic imine (C=N–C) groups is 1. The fourth-order valence-corrected chi connectivity index (χ4v) is 0.933. The van der Waals surface area contributed by atoms with Gasteiger partial charge >= 0.3 is 0 Å². The van der Waals surface area contributed by atoms with Gasteiger partial charge in [-0.1, -0.05) is 19.9 Å².